The molecule has 0 fully saturated rings. The molecule has 2 rings (SSSR count). The summed E-state index contributed by atoms with van der Waals surface area (Å²) < 4.78 is 5.53. The molecule has 0 aliphatic carbocycles. The van der Waals surface area contributed by atoms with Crippen molar-refractivity contribution in [3.63, 3.8) is 0 Å². The van der Waals surface area contributed by atoms with Crippen LogP contribution in [-0.2, 0) is 6.54 Å². The Bertz CT molecular complexity index is 715. The molecule has 0 amide bonds. The zero-order chi connectivity index (χ0) is 18.1. The Morgan fingerprint density at radius 3 is 2.52 bits per heavy atom. The van der Waals surface area contributed by atoms with Crippen LogP contribution in [0.2, 0.25) is 10.0 Å². The van der Waals surface area contributed by atoms with Crippen LogP contribution in [0.3, 0.4) is 0 Å². The monoisotopic (exact) mass is 395 g/mol. The number of benzene rings is 2. The predicted octanol–water partition coefficient (Wildman–Crippen LogP) is 4.78. The molecule has 25 heavy (non-hydrogen) atoms. The van der Waals surface area contributed by atoms with Gasteiger partial charge in [-0.25, -0.2) is 0 Å². The van der Waals surface area contributed by atoms with E-state index in [2.05, 4.69) is 15.8 Å². The Morgan fingerprint density at radius 1 is 1.20 bits per heavy atom. The summed E-state index contributed by atoms with van der Waals surface area (Å²) in [7, 11) is 0. The molecule has 4 nitrogen and oxygen atoms in total. The molecule has 132 valence electrons. The van der Waals surface area contributed by atoms with E-state index in [-0.39, 0.29) is 0 Å². The van der Waals surface area contributed by atoms with Crippen LogP contribution in [-0.4, -0.2) is 17.9 Å². The summed E-state index contributed by atoms with van der Waals surface area (Å²) in [5.41, 5.74) is 4.64. The van der Waals surface area contributed by atoms with Crippen LogP contribution >= 0.6 is 35.4 Å². The molecule has 0 aromatic heterocycles. The van der Waals surface area contributed by atoms with Crippen molar-refractivity contribution in [3.8, 4) is 5.75 Å². The number of thiocarbonyl (C=S) groups is 1. The Balaban J connectivity index is 1.87. The van der Waals surface area contributed by atoms with Crippen molar-refractivity contribution in [3.05, 3.63) is 63.6 Å². The normalized spacial score (nSPS) is 10.7. The van der Waals surface area contributed by atoms with Crippen molar-refractivity contribution in [2.75, 3.05) is 6.61 Å². The van der Waals surface area contributed by atoms with Crippen LogP contribution in [0.4, 0.5) is 0 Å². The SMILES string of the molecule is CCCOc1c(Cl)cc(/C=N\NC(=S)NCc2ccccc2)cc1Cl. The number of hydrogen-bond acceptors (Lipinski definition) is 3. The highest BCUT2D eigenvalue weighted by atomic mass is 35.5. The van der Waals surface area contributed by atoms with Gasteiger partial charge in [-0.2, -0.15) is 5.10 Å². The van der Waals surface area contributed by atoms with Crippen molar-refractivity contribution in [2.45, 2.75) is 19.9 Å². The summed E-state index contributed by atoms with van der Waals surface area (Å²) in [6.45, 7) is 3.21. The van der Waals surface area contributed by atoms with Crippen LogP contribution in [0.25, 0.3) is 0 Å². The molecule has 0 saturated carbocycles. The summed E-state index contributed by atoms with van der Waals surface area (Å²) in [5, 5.41) is 8.50. The molecule has 2 aromatic rings. The van der Waals surface area contributed by atoms with Crippen molar-refractivity contribution in [1.82, 2.24) is 10.7 Å². The topological polar surface area (TPSA) is 45.6 Å². The molecule has 2 N–H and O–H groups in total. The van der Waals surface area contributed by atoms with Crippen molar-refractivity contribution >= 4 is 46.7 Å². The van der Waals surface area contributed by atoms with E-state index >= 15 is 0 Å². The molecule has 0 heterocycles. The van der Waals surface area contributed by atoms with Crippen molar-refractivity contribution < 1.29 is 4.74 Å². The van der Waals surface area contributed by atoms with E-state index in [0.29, 0.717) is 34.1 Å². The molecule has 0 aliphatic heterocycles. The van der Waals surface area contributed by atoms with Gasteiger partial charge in [0.2, 0.25) is 0 Å². The maximum absolute atomic E-state index is 6.20. The fourth-order valence-corrected chi connectivity index (χ4v) is 2.72. The number of hydrogen-bond donors (Lipinski definition) is 2. The molecular weight excluding hydrogens is 377 g/mol. The summed E-state index contributed by atoms with van der Waals surface area (Å²) in [4.78, 5) is 0. The zero-order valence-electron chi connectivity index (χ0n) is 13.8. The van der Waals surface area contributed by atoms with Gasteiger partial charge in [0.1, 0.15) is 0 Å². The first-order chi connectivity index (χ1) is 12.1. The maximum atomic E-state index is 6.20. The van der Waals surface area contributed by atoms with Crippen LogP contribution in [0, 0.1) is 0 Å². The maximum Gasteiger partial charge on any atom is 0.187 e. The van der Waals surface area contributed by atoms with E-state index in [1.54, 1.807) is 18.3 Å². The smallest absolute Gasteiger partial charge is 0.187 e. The summed E-state index contributed by atoms with van der Waals surface area (Å²) >= 11 is 17.6. The number of rotatable bonds is 7. The first-order valence-electron chi connectivity index (χ1n) is 7.82. The van der Waals surface area contributed by atoms with Gasteiger partial charge in [-0.05, 0) is 41.9 Å². The quantitative estimate of drug-likeness (QED) is 0.402. The standard InChI is InChI=1S/C18H19Cl2N3OS/c1-2-8-24-17-15(19)9-14(10-16(17)20)12-22-23-18(25)21-11-13-6-4-3-5-7-13/h3-7,9-10,12H,2,8,11H2,1H3,(H2,21,23,25)/b22-12-. The highest BCUT2D eigenvalue weighted by Gasteiger charge is 2.08. The molecule has 0 bridgehead atoms. The second kappa shape index (κ2) is 10.2. The number of hydrazone groups is 1. The summed E-state index contributed by atoms with van der Waals surface area (Å²) in [6, 6.07) is 13.4. The third-order valence-electron chi connectivity index (χ3n) is 3.15. The first kappa shape index (κ1) is 19.5. The van der Waals surface area contributed by atoms with Gasteiger partial charge in [0.25, 0.3) is 0 Å². The Kier molecular flexibility index (Phi) is 7.98. The molecule has 0 atom stereocenters. The average Bonchev–Trinajstić information content (AvgIpc) is 2.60. The van der Waals surface area contributed by atoms with E-state index < -0.39 is 0 Å². The third-order valence-corrected chi connectivity index (χ3v) is 3.94. The molecular formula is C18H19Cl2N3OS. The number of nitrogens with zero attached hydrogens (tertiary/aromatic N) is 1. The van der Waals surface area contributed by atoms with Crippen molar-refractivity contribution in [1.29, 1.82) is 0 Å². The van der Waals surface area contributed by atoms with Gasteiger partial charge in [-0.3, -0.25) is 5.43 Å². The molecule has 0 unspecified atom stereocenters. The lowest BCUT2D eigenvalue weighted by Gasteiger charge is -2.10. The lowest BCUT2D eigenvalue weighted by molar-refractivity contribution is 0.318. The van der Waals surface area contributed by atoms with Gasteiger partial charge in [-0.1, -0.05) is 60.5 Å². The lowest BCUT2D eigenvalue weighted by atomic mass is 10.2. The second-order valence-corrected chi connectivity index (χ2v) is 6.42. The van der Waals surface area contributed by atoms with Gasteiger partial charge in [0, 0.05) is 6.54 Å². The molecule has 7 heteroatoms. The van der Waals surface area contributed by atoms with Crippen molar-refractivity contribution in [2.24, 2.45) is 5.10 Å². The van der Waals surface area contributed by atoms with E-state index in [1.165, 1.54) is 0 Å². The minimum atomic E-state index is 0.431. The molecule has 0 spiro atoms. The van der Waals surface area contributed by atoms with E-state index in [0.717, 1.165) is 17.5 Å². The Labute approximate surface area is 163 Å². The van der Waals surface area contributed by atoms with E-state index in [9.17, 15) is 0 Å². The highest BCUT2D eigenvalue weighted by molar-refractivity contribution is 7.80. The molecule has 0 saturated heterocycles. The lowest BCUT2D eigenvalue weighted by Crippen LogP contribution is -2.31. The van der Waals surface area contributed by atoms with Gasteiger partial charge in [-0.15, -0.1) is 0 Å². The van der Waals surface area contributed by atoms with Crippen LogP contribution in [0.15, 0.2) is 47.6 Å². The Morgan fingerprint density at radius 2 is 1.88 bits per heavy atom. The molecule has 2 aromatic carbocycles. The minimum Gasteiger partial charge on any atom is -0.490 e. The summed E-state index contributed by atoms with van der Waals surface area (Å²) in [6.07, 6.45) is 2.48. The van der Waals surface area contributed by atoms with Crippen LogP contribution in [0.5, 0.6) is 5.75 Å². The number of nitrogens with one attached hydrogen (secondary N) is 2. The largest absolute Gasteiger partial charge is 0.490 e. The zero-order valence-corrected chi connectivity index (χ0v) is 16.1. The Hall–Kier alpha value is -1.82. The minimum absolute atomic E-state index is 0.431. The third kappa shape index (κ3) is 6.53. The van der Waals surface area contributed by atoms with Gasteiger partial charge < -0.3 is 10.1 Å². The van der Waals surface area contributed by atoms with E-state index in [1.807, 2.05) is 37.3 Å². The highest BCUT2D eigenvalue weighted by Crippen LogP contribution is 2.33. The second-order valence-electron chi connectivity index (χ2n) is 5.20. The van der Waals surface area contributed by atoms with Gasteiger partial charge in [0.05, 0.1) is 22.9 Å². The van der Waals surface area contributed by atoms with Crippen LogP contribution < -0.4 is 15.5 Å². The number of halogens is 2. The fourth-order valence-electron chi connectivity index (χ4n) is 1.98. The molecule has 0 radical (unpaired) electrons. The van der Waals surface area contributed by atoms with Gasteiger partial charge >= 0.3 is 0 Å². The number of ether oxygens (including phenoxy) is 1. The summed E-state index contributed by atoms with van der Waals surface area (Å²) in [5.74, 6) is 0.496. The average molecular weight is 396 g/mol. The van der Waals surface area contributed by atoms with Crippen LogP contribution in [0.1, 0.15) is 24.5 Å². The first-order valence-corrected chi connectivity index (χ1v) is 8.99. The fraction of sp³-hybridized carbons (Fsp3) is 0.222. The molecule has 0 aliphatic rings. The van der Waals surface area contributed by atoms with E-state index in [4.69, 9.17) is 40.2 Å². The van der Waals surface area contributed by atoms with Gasteiger partial charge in [0.15, 0.2) is 10.9 Å². The predicted molar refractivity (Wildman–Crippen MR) is 109 cm³/mol.